The number of aryl methyl sites for hydroxylation is 1. The topological polar surface area (TPSA) is 40.7 Å². The Balaban J connectivity index is 2.27. The molecule has 0 saturated carbocycles. The summed E-state index contributed by atoms with van der Waals surface area (Å²) < 4.78 is 13.7. The molecule has 1 aromatic heterocycles. The molecule has 2 N–H and O–H groups in total. The van der Waals surface area contributed by atoms with Gasteiger partial charge in [0.15, 0.2) is 0 Å². The van der Waals surface area contributed by atoms with Gasteiger partial charge in [-0.2, -0.15) is 0 Å². The quantitative estimate of drug-likeness (QED) is 0.872. The highest BCUT2D eigenvalue weighted by atomic mass is 19.1. The number of nitrogens with one attached hydrogen (secondary N) is 2. The molecule has 1 aromatic carbocycles. The van der Waals surface area contributed by atoms with E-state index >= 15 is 0 Å². The van der Waals surface area contributed by atoms with Gasteiger partial charge in [0, 0.05) is 17.3 Å². The van der Waals surface area contributed by atoms with Crippen molar-refractivity contribution in [2.45, 2.75) is 33.4 Å². The predicted octanol–water partition coefficient (Wildman–Crippen LogP) is 3.02. The van der Waals surface area contributed by atoms with E-state index in [9.17, 15) is 4.39 Å². The molecule has 0 spiro atoms. The zero-order chi connectivity index (χ0) is 13.1. The van der Waals surface area contributed by atoms with Crippen LogP contribution in [0.1, 0.15) is 25.4 Å². The molecule has 2 rings (SSSR count). The van der Waals surface area contributed by atoms with E-state index < -0.39 is 0 Å². The molecular weight excluding hydrogens is 229 g/mol. The zero-order valence-corrected chi connectivity index (χ0v) is 10.9. The van der Waals surface area contributed by atoms with Gasteiger partial charge in [-0.05, 0) is 19.1 Å². The minimum Gasteiger partial charge on any atom is -0.344 e. The first-order chi connectivity index (χ1) is 8.58. The lowest BCUT2D eigenvalue weighted by molar-refractivity contribution is 0.575. The summed E-state index contributed by atoms with van der Waals surface area (Å²) in [5, 5.41) is 3.28. The predicted molar refractivity (Wildman–Crippen MR) is 70.7 cm³/mol. The fourth-order valence-corrected chi connectivity index (χ4v) is 1.82. The SMILES string of the molecule is Cc1[nH]c(CNC(C)C)nc1-c1ccccc1F. The van der Waals surface area contributed by atoms with Gasteiger partial charge in [0.1, 0.15) is 11.6 Å². The Morgan fingerprint density at radius 2 is 2.06 bits per heavy atom. The van der Waals surface area contributed by atoms with Crippen LogP contribution >= 0.6 is 0 Å². The van der Waals surface area contributed by atoms with Crippen molar-refractivity contribution in [1.82, 2.24) is 15.3 Å². The molecule has 0 atom stereocenters. The normalized spacial score (nSPS) is 11.2. The summed E-state index contributed by atoms with van der Waals surface area (Å²) in [7, 11) is 0. The van der Waals surface area contributed by atoms with E-state index in [1.54, 1.807) is 12.1 Å². The van der Waals surface area contributed by atoms with Crippen LogP contribution in [0, 0.1) is 12.7 Å². The third kappa shape index (κ3) is 2.76. The average Bonchev–Trinajstić information content (AvgIpc) is 2.69. The fraction of sp³-hybridized carbons (Fsp3) is 0.357. The van der Waals surface area contributed by atoms with Gasteiger partial charge in [-0.25, -0.2) is 9.37 Å². The first-order valence-corrected chi connectivity index (χ1v) is 6.11. The highest BCUT2D eigenvalue weighted by Crippen LogP contribution is 2.23. The Labute approximate surface area is 106 Å². The van der Waals surface area contributed by atoms with Gasteiger partial charge in [0.2, 0.25) is 0 Å². The Hall–Kier alpha value is -1.68. The third-order valence-corrected chi connectivity index (χ3v) is 2.74. The van der Waals surface area contributed by atoms with E-state index in [0.717, 1.165) is 11.5 Å². The first kappa shape index (κ1) is 12.8. The second-order valence-electron chi connectivity index (χ2n) is 4.67. The van der Waals surface area contributed by atoms with E-state index in [1.165, 1.54) is 6.07 Å². The van der Waals surface area contributed by atoms with Crippen LogP contribution in [0.5, 0.6) is 0 Å². The third-order valence-electron chi connectivity index (χ3n) is 2.74. The van der Waals surface area contributed by atoms with Crippen molar-refractivity contribution in [3.8, 4) is 11.3 Å². The van der Waals surface area contributed by atoms with Gasteiger partial charge in [-0.1, -0.05) is 26.0 Å². The van der Waals surface area contributed by atoms with Crippen molar-refractivity contribution in [2.75, 3.05) is 0 Å². The molecule has 0 aliphatic rings. The maximum atomic E-state index is 13.7. The second-order valence-corrected chi connectivity index (χ2v) is 4.67. The lowest BCUT2D eigenvalue weighted by Crippen LogP contribution is -2.22. The van der Waals surface area contributed by atoms with Crippen molar-refractivity contribution >= 4 is 0 Å². The van der Waals surface area contributed by atoms with Gasteiger partial charge < -0.3 is 10.3 Å². The standard InChI is InChI=1S/C14H18FN3/c1-9(2)16-8-13-17-10(3)14(18-13)11-6-4-5-7-12(11)15/h4-7,9,16H,8H2,1-3H3,(H,17,18). The molecule has 0 fully saturated rings. The smallest absolute Gasteiger partial charge is 0.132 e. The molecule has 0 saturated heterocycles. The number of rotatable bonds is 4. The Bertz CT molecular complexity index is 532. The van der Waals surface area contributed by atoms with Crippen LogP contribution in [0.4, 0.5) is 4.39 Å². The Morgan fingerprint density at radius 1 is 1.33 bits per heavy atom. The molecule has 0 aliphatic carbocycles. The highest BCUT2D eigenvalue weighted by molar-refractivity contribution is 5.62. The van der Waals surface area contributed by atoms with Crippen LogP contribution in [-0.2, 0) is 6.54 Å². The molecular formula is C14H18FN3. The number of imidazole rings is 1. The second kappa shape index (κ2) is 5.31. The molecule has 18 heavy (non-hydrogen) atoms. The van der Waals surface area contributed by atoms with Gasteiger partial charge in [-0.3, -0.25) is 0 Å². The summed E-state index contributed by atoms with van der Waals surface area (Å²) in [5.74, 6) is 0.593. The maximum Gasteiger partial charge on any atom is 0.132 e. The first-order valence-electron chi connectivity index (χ1n) is 6.11. The number of H-pyrrole nitrogens is 1. The number of benzene rings is 1. The molecule has 0 amide bonds. The van der Waals surface area contributed by atoms with Crippen molar-refractivity contribution < 1.29 is 4.39 Å². The summed E-state index contributed by atoms with van der Waals surface area (Å²) in [5.41, 5.74) is 2.12. The van der Waals surface area contributed by atoms with Crippen molar-refractivity contribution in [1.29, 1.82) is 0 Å². The molecule has 2 aromatic rings. The van der Waals surface area contributed by atoms with Crippen LogP contribution in [0.15, 0.2) is 24.3 Å². The number of nitrogens with zero attached hydrogens (tertiary/aromatic N) is 1. The number of halogens is 1. The van der Waals surface area contributed by atoms with Crippen LogP contribution < -0.4 is 5.32 Å². The molecule has 0 aliphatic heterocycles. The monoisotopic (exact) mass is 247 g/mol. The zero-order valence-electron chi connectivity index (χ0n) is 10.9. The van der Waals surface area contributed by atoms with Crippen molar-refractivity contribution in [3.05, 3.63) is 41.6 Å². The fourth-order valence-electron chi connectivity index (χ4n) is 1.82. The summed E-state index contributed by atoms with van der Waals surface area (Å²) in [4.78, 5) is 7.64. The lowest BCUT2D eigenvalue weighted by atomic mass is 10.1. The molecule has 1 heterocycles. The van der Waals surface area contributed by atoms with Gasteiger partial charge in [0.05, 0.1) is 12.2 Å². The summed E-state index contributed by atoms with van der Waals surface area (Å²) in [6.45, 7) is 6.72. The van der Waals surface area contributed by atoms with E-state index in [0.29, 0.717) is 23.8 Å². The Kier molecular flexibility index (Phi) is 3.77. The van der Waals surface area contributed by atoms with Crippen LogP contribution in [-0.4, -0.2) is 16.0 Å². The average molecular weight is 247 g/mol. The molecule has 0 bridgehead atoms. The molecule has 4 heteroatoms. The molecule has 3 nitrogen and oxygen atoms in total. The van der Waals surface area contributed by atoms with Crippen LogP contribution in [0.3, 0.4) is 0 Å². The van der Waals surface area contributed by atoms with Gasteiger partial charge >= 0.3 is 0 Å². The molecule has 96 valence electrons. The van der Waals surface area contributed by atoms with Crippen LogP contribution in [0.2, 0.25) is 0 Å². The summed E-state index contributed by atoms with van der Waals surface area (Å²) in [6, 6.07) is 7.10. The summed E-state index contributed by atoms with van der Waals surface area (Å²) in [6.07, 6.45) is 0. The van der Waals surface area contributed by atoms with E-state index in [-0.39, 0.29) is 5.82 Å². The highest BCUT2D eigenvalue weighted by Gasteiger charge is 2.12. The molecule has 0 radical (unpaired) electrons. The summed E-state index contributed by atoms with van der Waals surface area (Å²) >= 11 is 0. The number of aromatic amines is 1. The Morgan fingerprint density at radius 3 is 2.72 bits per heavy atom. The lowest BCUT2D eigenvalue weighted by Gasteiger charge is -2.04. The minimum atomic E-state index is -0.240. The number of aromatic nitrogens is 2. The minimum absolute atomic E-state index is 0.240. The maximum absolute atomic E-state index is 13.7. The van der Waals surface area contributed by atoms with E-state index in [4.69, 9.17) is 0 Å². The van der Waals surface area contributed by atoms with Gasteiger partial charge in [0.25, 0.3) is 0 Å². The van der Waals surface area contributed by atoms with E-state index in [2.05, 4.69) is 29.1 Å². The largest absolute Gasteiger partial charge is 0.344 e. The van der Waals surface area contributed by atoms with Crippen LogP contribution in [0.25, 0.3) is 11.3 Å². The van der Waals surface area contributed by atoms with Gasteiger partial charge in [-0.15, -0.1) is 0 Å². The number of hydrogen-bond acceptors (Lipinski definition) is 2. The molecule has 0 unspecified atom stereocenters. The van der Waals surface area contributed by atoms with Crippen molar-refractivity contribution in [2.24, 2.45) is 0 Å². The van der Waals surface area contributed by atoms with Crippen molar-refractivity contribution in [3.63, 3.8) is 0 Å². The number of hydrogen-bond donors (Lipinski definition) is 2. The van der Waals surface area contributed by atoms with E-state index in [1.807, 2.05) is 13.0 Å².